The third-order valence-corrected chi connectivity index (χ3v) is 3.54. The molecule has 0 spiro atoms. The number of halogens is 1. The van der Waals surface area contributed by atoms with E-state index < -0.39 is 5.60 Å². The number of piperidine rings is 1. The lowest BCUT2D eigenvalue weighted by atomic mass is 9.94. The molecular formula is C12H15BrN2O2. The zero-order valence-electron chi connectivity index (χ0n) is 9.69. The van der Waals surface area contributed by atoms with Crippen molar-refractivity contribution >= 4 is 21.8 Å². The van der Waals surface area contributed by atoms with E-state index in [-0.39, 0.29) is 5.91 Å². The number of pyridine rings is 1. The van der Waals surface area contributed by atoms with Crippen LogP contribution in [0.5, 0.6) is 0 Å². The number of hydrogen-bond acceptors (Lipinski definition) is 3. The van der Waals surface area contributed by atoms with Gasteiger partial charge in [-0.25, -0.2) is 4.98 Å². The second-order valence-electron chi connectivity index (χ2n) is 4.65. The predicted molar refractivity (Wildman–Crippen MR) is 67.7 cm³/mol. The van der Waals surface area contributed by atoms with E-state index in [4.69, 9.17) is 0 Å². The molecule has 92 valence electrons. The van der Waals surface area contributed by atoms with Crippen LogP contribution in [0.25, 0.3) is 0 Å². The molecule has 1 aliphatic heterocycles. The van der Waals surface area contributed by atoms with Gasteiger partial charge >= 0.3 is 0 Å². The largest absolute Gasteiger partial charge is 0.390 e. The average Bonchev–Trinajstić information content (AvgIpc) is 2.29. The minimum atomic E-state index is -0.635. The first-order valence-corrected chi connectivity index (χ1v) is 6.40. The van der Waals surface area contributed by atoms with Crippen molar-refractivity contribution in [2.75, 3.05) is 13.1 Å². The molecule has 2 heterocycles. The summed E-state index contributed by atoms with van der Waals surface area (Å²) in [6.45, 7) is 2.99. The van der Waals surface area contributed by atoms with E-state index >= 15 is 0 Å². The molecule has 0 radical (unpaired) electrons. The Morgan fingerprint density at radius 3 is 2.65 bits per heavy atom. The maximum Gasteiger partial charge on any atom is 0.272 e. The van der Waals surface area contributed by atoms with E-state index in [1.165, 1.54) is 0 Å². The predicted octanol–water partition coefficient (Wildman–Crippen LogP) is 1.83. The van der Waals surface area contributed by atoms with Gasteiger partial charge in [-0.05, 0) is 47.8 Å². The zero-order chi connectivity index (χ0) is 12.5. The molecule has 17 heavy (non-hydrogen) atoms. The molecule has 0 saturated carbocycles. The number of hydrogen-bond donors (Lipinski definition) is 1. The van der Waals surface area contributed by atoms with Crippen LogP contribution in [0, 0.1) is 0 Å². The van der Waals surface area contributed by atoms with Gasteiger partial charge in [-0.3, -0.25) is 4.79 Å². The standard InChI is InChI=1S/C12H15BrN2O2/c1-12(17)4-6-15(7-5-12)11(16)10-3-2-9(13)8-14-10/h2-3,8,17H,4-7H2,1H3. The van der Waals surface area contributed by atoms with Gasteiger partial charge in [-0.15, -0.1) is 0 Å². The topological polar surface area (TPSA) is 53.4 Å². The van der Waals surface area contributed by atoms with E-state index in [1.807, 2.05) is 6.92 Å². The quantitative estimate of drug-likeness (QED) is 0.861. The van der Waals surface area contributed by atoms with Crippen molar-refractivity contribution in [3.63, 3.8) is 0 Å². The fraction of sp³-hybridized carbons (Fsp3) is 0.500. The normalized spacial score (nSPS) is 19.1. The Hall–Kier alpha value is -0.940. The lowest BCUT2D eigenvalue weighted by Crippen LogP contribution is -2.45. The Labute approximate surface area is 109 Å². The van der Waals surface area contributed by atoms with Crippen LogP contribution >= 0.6 is 15.9 Å². The van der Waals surface area contributed by atoms with Gasteiger partial charge in [0.1, 0.15) is 5.69 Å². The lowest BCUT2D eigenvalue weighted by molar-refractivity contribution is -0.00219. The fourth-order valence-electron chi connectivity index (χ4n) is 1.86. The third kappa shape index (κ3) is 3.04. The summed E-state index contributed by atoms with van der Waals surface area (Å²) in [5, 5.41) is 9.82. The number of likely N-dealkylation sites (tertiary alicyclic amines) is 1. The Bertz CT molecular complexity index is 407. The number of carbonyl (C=O) groups excluding carboxylic acids is 1. The van der Waals surface area contributed by atoms with Crippen LogP contribution in [-0.2, 0) is 0 Å². The van der Waals surface area contributed by atoms with Gasteiger partial charge in [0.2, 0.25) is 0 Å². The van der Waals surface area contributed by atoms with Gasteiger partial charge < -0.3 is 10.0 Å². The highest BCUT2D eigenvalue weighted by Crippen LogP contribution is 2.22. The molecule has 5 heteroatoms. The first-order valence-electron chi connectivity index (χ1n) is 5.61. The van der Waals surface area contributed by atoms with E-state index in [0.29, 0.717) is 31.6 Å². The van der Waals surface area contributed by atoms with Crippen molar-refractivity contribution in [3.05, 3.63) is 28.5 Å². The SMILES string of the molecule is CC1(O)CCN(C(=O)c2ccc(Br)cn2)CC1. The first-order chi connectivity index (χ1) is 7.98. The molecule has 0 aromatic carbocycles. The molecule has 4 nitrogen and oxygen atoms in total. The maximum atomic E-state index is 12.1. The summed E-state index contributed by atoms with van der Waals surface area (Å²) in [6.07, 6.45) is 2.86. The van der Waals surface area contributed by atoms with Crippen LogP contribution in [0.3, 0.4) is 0 Å². The average molecular weight is 299 g/mol. The zero-order valence-corrected chi connectivity index (χ0v) is 11.3. The van der Waals surface area contributed by atoms with Crippen LogP contribution < -0.4 is 0 Å². The van der Waals surface area contributed by atoms with Crippen molar-refractivity contribution in [1.29, 1.82) is 0 Å². The number of nitrogens with zero attached hydrogens (tertiary/aromatic N) is 2. The van der Waals surface area contributed by atoms with Crippen molar-refractivity contribution in [2.45, 2.75) is 25.4 Å². The lowest BCUT2D eigenvalue weighted by Gasteiger charge is -2.35. The number of rotatable bonds is 1. The molecule has 1 saturated heterocycles. The third-order valence-electron chi connectivity index (χ3n) is 3.07. The minimum absolute atomic E-state index is 0.0620. The van der Waals surface area contributed by atoms with Crippen molar-refractivity contribution in [1.82, 2.24) is 9.88 Å². The monoisotopic (exact) mass is 298 g/mol. The van der Waals surface area contributed by atoms with Crippen LogP contribution in [0.2, 0.25) is 0 Å². The summed E-state index contributed by atoms with van der Waals surface area (Å²) >= 11 is 3.29. The van der Waals surface area contributed by atoms with E-state index in [2.05, 4.69) is 20.9 Å². The van der Waals surface area contributed by atoms with Gasteiger partial charge in [0.05, 0.1) is 5.60 Å². The molecule has 2 rings (SSSR count). The van der Waals surface area contributed by atoms with Crippen LogP contribution in [0.4, 0.5) is 0 Å². The number of amides is 1. The Morgan fingerprint density at radius 2 is 2.12 bits per heavy atom. The van der Waals surface area contributed by atoms with Crippen LogP contribution in [0.15, 0.2) is 22.8 Å². The highest BCUT2D eigenvalue weighted by molar-refractivity contribution is 9.10. The van der Waals surface area contributed by atoms with E-state index in [1.54, 1.807) is 23.2 Å². The summed E-state index contributed by atoms with van der Waals surface area (Å²) < 4.78 is 0.857. The summed E-state index contributed by atoms with van der Waals surface area (Å²) in [5.74, 6) is -0.0620. The molecule has 0 bridgehead atoms. The molecule has 1 aliphatic rings. The van der Waals surface area contributed by atoms with E-state index in [0.717, 1.165) is 4.47 Å². The molecule has 0 unspecified atom stereocenters. The second kappa shape index (κ2) is 4.74. The van der Waals surface area contributed by atoms with Gasteiger partial charge in [-0.2, -0.15) is 0 Å². The summed E-state index contributed by atoms with van der Waals surface area (Å²) in [4.78, 5) is 17.9. The molecule has 0 atom stereocenters. The molecule has 0 aliphatic carbocycles. The summed E-state index contributed by atoms with van der Waals surface area (Å²) in [5.41, 5.74) is -0.182. The molecule has 1 amide bonds. The number of aromatic nitrogens is 1. The molecular weight excluding hydrogens is 284 g/mol. The molecule has 1 aromatic heterocycles. The number of aliphatic hydroxyl groups is 1. The Kier molecular flexibility index (Phi) is 3.49. The van der Waals surface area contributed by atoms with Crippen LogP contribution in [0.1, 0.15) is 30.3 Å². The van der Waals surface area contributed by atoms with Gasteiger partial charge in [0.15, 0.2) is 0 Å². The van der Waals surface area contributed by atoms with Gasteiger partial charge in [-0.1, -0.05) is 0 Å². The second-order valence-corrected chi connectivity index (χ2v) is 5.57. The van der Waals surface area contributed by atoms with Gasteiger partial charge in [0, 0.05) is 23.8 Å². The highest BCUT2D eigenvalue weighted by Gasteiger charge is 2.30. The molecule has 1 aromatic rings. The minimum Gasteiger partial charge on any atom is -0.390 e. The van der Waals surface area contributed by atoms with Crippen molar-refractivity contribution < 1.29 is 9.90 Å². The highest BCUT2D eigenvalue weighted by atomic mass is 79.9. The maximum absolute atomic E-state index is 12.1. The smallest absolute Gasteiger partial charge is 0.272 e. The van der Waals surface area contributed by atoms with Crippen LogP contribution in [-0.4, -0.2) is 39.6 Å². The molecule has 1 fully saturated rings. The van der Waals surface area contributed by atoms with Crippen molar-refractivity contribution in [3.8, 4) is 0 Å². The van der Waals surface area contributed by atoms with Crippen molar-refractivity contribution in [2.24, 2.45) is 0 Å². The summed E-state index contributed by atoms with van der Waals surface area (Å²) in [7, 11) is 0. The molecule has 1 N–H and O–H groups in total. The Morgan fingerprint density at radius 1 is 1.47 bits per heavy atom. The Balaban J connectivity index is 2.04. The summed E-state index contributed by atoms with van der Waals surface area (Å²) in [6, 6.07) is 3.51. The van der Waals surface area contributed by atoms with Gasteiger partial charge in [0.25, 0.3) is 5.91 Å². The fourth-order valence-corrected chi connectivity index (χ4v) is 2.09. The van der Waals surface area contributed by atoms with E-state index in [9.17, 15) is 9.90 Å². The number of carbonyl (C=O) groups is 1. The first kappa shape index (κ1) is 12.5.